The van der Waals surface area contributed by atoms with Crippen LogP contribution in [0.25, 0.3) is 11.1 Å². The standard InChI is InChI=1S/C24H20ClN5O2/c25-22-10-18(20-11-26-15-27-12-20)8-19-9-21(32-23(19)22)13-28-24(31)17-4-1-3-16(7-17)14-30-6-2-5-29-30/h1-5,7-8,10-12,15,21H,6,9,13-14H2/p+1/t21-/m1/s1. The van der Waals surface area contributed by atoms with E-state index in [1.165, 1.54) is 6.33 Å². The topological polar surface area (TPSA) is 79.5 Å². The highest BCUT2D eigenvalue weighted by Gasteiger charge is 2.26. The minimum absolute atomic E-state index is 0.129. The molecular weight excluding hydrogens is 426 g/mol. The van der Waals surface area contributed by atoms with E-state index < -0.39 is 0 Å². The van der Waals surface area contributed by atoms with Crippen molar-refractivity contribution in [2.24, 2.45) is 5.11 Å². The highest BCUT2D eigenvalue weighted by Crippen LogP contribution is 2.39. The summed E-state index contributed by atoms with van der Waals surface area (Å²) in [7, 11) is 0. The lowest BCUT2D eigenvalue weighted by Gasteiger charge is -2.12. The third kappa shape index (κ3) is 4.38. The molecule has 7 nitrogen and oxygen atoms in total. The van der Waals surface area contributed by atoms with Crippen LogP contribution < -0.4 is 10.1 Å². The minimum atomic E-state index is -0.175. The van der Waals surface area contributed by atoms with Crippen molar-refractivity contribution in [3.05, 3.63) is 89.1 Å². The Kier molecular flexibility index (Phi) is 5.64. The SMILES string of the molecule is O=C(NC[C@H]1Cc2cc(-c3cncnc3)cc(Cl)c2O1)c1cccc(C[N+]2=NC=CC2)c1. The van der Waals surface area contributed by atoms with E-state index >= 15 is 0 Å². The van der Waals surface area contributed by atoms with Gasteiger partial charge in [0.05, 0.1) is 17.8 Å². The van der Waals surface area contributed by atoms with Gasteiger partial charge in [-0.3, -0.25) is 4.79 Å². The number of fused-ring (bicyclic) bond motifs is 1. The smallest absolute Gasteiger partial charge is 0.251 e. The Hall–Kier alpha value is -3.58. The molecule has 0 aliphatic carbocycles. The van der Waals surface area contributed by atoms with Gasteiger partial charge in [0.15, 0.2) is 13.1 Å². The maximum absolute atomic E-state index is 12.7. The second-order valence-electron chi connectivity index (χ2n) is 7.78. The molecule has 1 atom stereocenters. The number of carbonyl (C=O) groups is 1. The number of amides is 1. The number of hydrogen-bond acceptors (Lipinski definition) is 5. The molecule has 1 aromatic heterocycles. The van der Waals surface area contributed by atoms with Crippen LogP contribution >= 0.6 is 11.6 Å². The summed E-state index contributed by atoms with van der Waals surface area (Å²) in [6.45, 7) is 1.85. The van der Waals surface area contributed by atoms with E-state index in [4.69, 9.17) is 16.3 Å². The monoisotopic (exact) mass is 446 g/mol. The van der Waals surface area contributed by atoms with E-state index in [2.05, 4.69) is 20.4 Å². The van der Waals surface area contributed by atoms with Gasteiger partial charge in [-0.05, 0) is 34.9 Å². The van der Waals surface area contributed by atoms with Gasteiger partial charge in [0, 0.05) is 47.1 Å². The fraction of sp³-hybridized carbons (Fsp3) is 0.208. The third-order valence-corrected chi connectivity index (χ3v) is 5.72. The summed E-state index contributed by atoms with van der Waals surface area (Å²) < 4.78 is 7.97. The van der Waals surface area contributed by atoms with Crippen molar-refractivity contribution in [3.8, 4) is 16.9 Å². The molecule has 1 N–H and O–H groups in total. The molecule has 0 saturated heterocycles. The molecule has 32 heavy (non-hydrogen) atoms. The normalized spacial score (nSPS) is 16.4. The number of aromatic nitrogens is 2. The Morgan fingerprint density at radius 2 is 2.06 bits per heavy atom. The van der Waals surface area contributed by atoms with Crippen LogP contribution in [0, 0.1) is 0 Å². The maximum Gasteiger partial charge on any atom is 0.251 e. The molecule has 0 unspecified atom stereocenters. The highest BCUT2D eigenvalue weighted by atomic mass is 35.5. The molecule has 0 fully saturated rings. The molecule has 0 radical (unpaired) electrons. The van der Waals surface area contributed by atoms with Crippen LogP contribution in [0.4, 0.5) is 0 Å². The fourth-order valence-electron chi connectivity index (χ4n) is 3.91. The highest BCUT2D eigenvalue weighted by molar-refractivity contribution is 6.32. The molecule has 1 amide bonds. The van der Waals surface area contributed by atoms with Crippen LogP contribution in [0.5, 0.6) is 5.75 Å². The maximum atomic E-state index is 12.7. The molecule has 2 aliphatic rings. The van der Waals surface area contributed by atoms with E-state index in [9.17, 15) is 4.79 Å². The predicted molar refractivity (Wildman–Crippen MR) is 120 cm³/mol. The van der Waals surface area contributed by atoms with Crippen LogP contribution in [0.2, 0.25) is 5.02 Å². The van der Waals surface area contributed by atoms with E-state index in [1.807, 2.05) is 47.2 Å². The zero-order valence-corrected chi connectivity index (χ0v) is 18.0. The molecule has 5 rings (SSSR count). The van der Waals surface area contributed by atoms with Gasteiger partial charge in [-0.2, -0.15) is 0 Å². The summed E-state index contributed by atoms with van der Waals surface area (Å²) in [6.07, 6.45) is 9.28. The summed E-state index contributed by atoms with van der Waals surface area (Å²) in [4.78, 5) is 20.8. The molecule has 0 spiro atoms. The molecule has 3 aromatic rings. The van der Waals surface area contributed by atoms with Crippen molar-refractivity contribution in [1.82, 2.24) is 15.3 Å². The van der Waals surface area contributed by atoms with Crippen molar-refractivity contribution in [1.29, 1.82) is 0 Å². The van der Waals surface area contributed by atoms with E-state index in [1.54, 1.807) is 18.6 Å². The molecule has 0 saturated carbocycles. The van der Waals surface area contributed by atoms with Crippen molar-refractivity contribution in [2.45, 2.75) is 19.1 Å². The summed E-state index contributed by atoms with van der Waals surface area (Å²) in [5.41, 5.74) is 4.51. The van der Waals surface area contributed by atoms with E-state index in [-0.39, 0.29) is 12.0 Å². The van der Waals surface area contributed by atoms with Crippen LogP contribution in [0.1, 0.15) is 21.5 Å². The van der Waals surface area contributed by atoms with Gasteiger partial charge in [-0.1, -0.05) is 23.7 Å². The second-order valence-corrected chi connectivity index (χ2v) is 8.18. The molecule has 0 bridgehead atoms. The van der Waals surface area contributed by atoms with Gasteiger partial charge in [0.1, 0.15) is 18.2 Å². The number of halogens is 1. The molecule has 2 aliphatic heterocycles. The van der Waals surface area contributed by atoms with Gasteiger partial charge in [-0.25, -0.2) is 9.97 Å². The van der Waals surface area contributed by atoms with Crippen molar-refractivity contribution in [2.75, 3.05) is 13.1 Å². The number of nitrogens with one attached hydrogen (secondary N) is 1. The Balaban J connectivity index is 1.22. The van der Waals surface area contributed by atoms with Gasteiger partial charge in [-0.15, -0.1) is 4.70 Å². The lowest BCUT2D eigenvalue weighted by atomic mass is 10.0. The van der Waals surface area contributed by atoms with Crippen molar-refractivity contribution >= 4 is 17.5 Å². The summed E-state index contributed by atoms with van der Waals surface area (Å²) >= 11 is 6.47. The molecule has 2 aromatic carbocycles. The first-order chi connectivity index (χ1) is 15.7. The largest absolute Gasteiger partial charge is 0.486 e. The predicted octanol–water partition coefficient (Wildman–Crippen LogP) is 4.02. The molecule has 8 heteroatoms. The third-order valence-electron chi connectivity index (χ3n) is 5.44. The summed E-state index contributed by atoms with van der Waals surface area (Å²) in [6, 6.07) is 11.5. The number of hydrogen-bond donors (Lipinski definition) is 1. The molecule has 3 heterocycles. The average molecular weight is 447 g/mol. The van der Waals surface area contributed by atoms with Crippen LogP contribution in [0.3, 0.4) is 0 Å². The minimum Gasteiger partial charge on any atom is -0.486 e. The average Bonchev–Trinajstić information content (AvgIpc) is 3.48. The van der Waals surface area contributed by atoms with Gasteiger partial charge in [0.2, 0.25) is 0 Å². The summed E-state index contributed by atoms with van der Waals surface area (Å²) in [5.74, 6) is 0.549. The first kappa shape index (κ1) is 20.3. The first-order valence-corrected chi connectivity index (χ1v) is 10.8. The van der Waals surface area contributed by atoms with Gasteiger partial charge in [0.25, 0.3) is 5.91 Å². The molecule has 160 valence electrons. The van der Waals surface area contributed by atoms with Gasteiger partial charge >= 0.3 is 0 Å². The zero-order chi connectivity index (χ0) is 21.9. The number of carbonyl (C=O) groups excluding carboxylic acids is 1. The molecular formula is C24H21ClN5O2+. The van der Waals surface area contributed by atoms with Crippen molar-refractivity contribution < 1.29 is 14.2 Å². The van der Waals surface area contributed by atoms with Crippen LogP contribution in [-0.4, -0.2) is 39.8 Å². The zero-order valence-electron chi connectivity index (χ0n) is 17.2. The number of nitrogens with zero attached hydrogens (tertiary/aromatic N) is 4. The van der Waals surface area contributed by atoms with Gasteiger partial charge < -0.3 is 10.1 Å². The lowest BCUT2D eigenvalue weighted by Crippen LogP contribution is -2.34. The lowest BCUT2D eigenvalue weighted by molar-refractivity contribution is -0.591. The van der Waals surface area contributed by atoms with E-state index in [0.717, 1.165) is 28.8 Å². The fourth-order valence-corrected chi connectivity index (χ4v) is 4.19. The Bertz CT molecular complexity index is 1230. The number of rotatable bonds is 6. The Morgan fingerprint density at radius 3 is 2.88 bits per heavy atom. The number of benzene rings is 2. The number of ether oxygens (including phenoxy) is 1. The first-order valence-electron chi connectivity index (χ1n) is 10.4. The van der Waals surface area contributed by atoms with Crippen LogP contribution in [0.15, 0.2) is 72.5 Å². The van der Waals surface area contributed by atoms with E-state index in [0.29, 0.717) is 35.8 Å². The van der Waals surface area contributed by atoms with Crippen molar-refractivity contribution in [3.63, 3.8) is 0 Å². The Morgan fingerprint density at radius 1 is 1.19 bits per heavy atom. The quantitative estimate of drug-likeness (QED) is 0.580. The second kappa shape index (κ2) is 8.88. The Labute approximate surface area is 190 Å². The number of azo groups is 2. The van der Waals surface area contributed by atoms with Crippen LogP contribution in [-0.2, 0) is 13.0 Å². The summed E-state index contributed by atoms with van der Waals surface area (Å²) in [5, 5.41) is 7.80.